The number of hydrogen-bond acceptors (Lipinski definition) is 7. The molecule has 0 saturated carbocycles. The number of anilines is 1. The highest BCUT2D eigenvalue weighted by molar-refractivity contribution is 7.22. The van der Waals surface area contributed by atoms with Crippen LogP contribution in [0.2, 0.25) is 0 Å². The van der Waals surface area contributed by atoms with E-state index in [9.17, 15) is 14.4 Å². The normalized spacial score (nSPS) is 11.7. The fourth-order valence-corrected chi connectivity index (χ4v) is 4.84. The molecule has 4 rings (SSSR count). The van der Waals surface area contributed by atoms with Gasteiger partial charge in [0.1, 0.15) is 6.54 Å². The third-order valence-electron chi connectivity index (χ3n) is 5.87. The number of imidazole rings is 1. The first-order chi connectivity index (χ1) is 15.8. The Bertz CT molecular complexity index is 1390. The van der Waals surface area contributed by atoms with E-state index in [1.54, 1.807) is 11.9 Å². The molecule has 0 spiro atoms. The molecule has 1 amide bonds. The number of thiazole rings is 1. The lowest BCUT2D eigenvalue weighted by Gasteiger charge is -2.25. The van der Waals surface area contributed by atoms with Crippen molar-refractivity contribution in [2.45, 2.75) is 20.4 Å². The van der Waals surface area contributed by atoms with Gasteiger partial charge >= 0.3 is 5.69 Å². The van der Waals surface area contributed by atoms with Gasteiger partial charge in [0.2, 0.25) is 5.91 Å². The smallest absolute Gasteiger partial charge is 0.315 e. The van der Waals surface area contributed by atoms with Crippen molar-refractivity contribution >= 4 is 43.8 Å². The molecule has 0 aliphatic carbocycles. The van der Waals surface area contributed by atoms with E-state index in [2.05, 4.69) is 28.7 Å². The van der Waals surface area contributed by atoms with Crippen molar-refractivity contribution < 1.29 is 4.79 Å². The van der Waals surface area contributed by atoms with Crippen molar-refractivity contribution in [1.29, 1.82) is 0 Å². The molecule has 0 bridgehead atoms. The molecule has 3 heterocycles. The molecule has 174 valence electrons. The molecular weight excluding hydrogens is 442 g/mol. The van der Waals surface area contributed by atoms with Gasteiger partial charge in [0, 0.05) is 27.2 Å². The van der Waals surface area contributed by atoms with Crippen LogP contribution in [0.25, 0.3) is 21.4 Å². The minimum atomic E-state index is -0.479. The third kappa shape index (κ3) is 4.21. The standard InChI is InChI=1S/C22H27N7O3S/c1-5-27(6-2)11-12-29(21-24-15-9-7-8-10-16(15)33-21)17(30)13-28-14-23-19-18(28)20(31)26(4)22(32)25(19)3/h7-10,14H,5-6,11-13H2,1-4H3. The van der Waals surface area contributed by atoms with Crippen LogP contribution in [-0.4, -0.2) is 60.7 Å². The predicted molar refractivity (Wildman–Crippen MR) is 130 cm³/mol. The van der Waals surface area contributed by atoms with Crippen LogP contribution < -0.4 is 16.1 Å². The summed E-state index contributed by atoms with van der Waals surface area (Å²) in [5.74, 6) is -0.198. The zero-order valence-corrected chi connectivity index (χ0v) is 20.0. The van der Waals surface area contributed by atoms with Crippen LogP contribution in [-0.2, 0) is 25.4 Å². The monoisotopic (exact) mass is 469 g/mol. The van der Waals surface area contributed by atoms with E-state index in [4.69, 9.17) is 0 Å². The first-order valence-corrected chi connectivity index (χ1v) is 11.7. The number of nitrogens with zero attached hydrogens (tertiary/aromatic N) is 7. The van der Waals surface area contributed by atoms with Crippen molar-refractivity contribution in [2.24, 2.45) is 14.1 Å². The summed E-state index contributed by atoms with van der Waals surface area (Å²) in [4.78, 5) is 51.3. The number of para-hydroxylation sites is 1. The fourth-order valence-electron chi connectivity index (χ4n) is 3.83. The number of carbonyl (C=O) groups excluding carboxylic acids is 1. The molecular formula is C22H27N7O3S. The molecule has 0 atom stereocenters. The summed E-state index contributed by atoms with van der Waals surface area (Å²) in [5, 5.41) is 0.623. The Balaban J connectivity index is 1.71. The lowest BCUT2D eigenvalue weighted by molar-refractivity contribution is -0.119. The molecule has 33 heavy (non-hydrogen) atoms. The summed E-state index contributed by atoms with van der Waals surface area (Å²) in [6.07, 6.45) is 1.43. The lowest BCUT2D eigenvalue weighted by atomic mass is 10.3. The maximum Gasteiger partial charge on any atom is 0.332 e. The SMILES string of the molecule is CCN(CC)CCN(C(=O)Cn1cnc2c1c(=O)n(C)c(=O)n2C)c1nc2ccccc2s1. The number of hydrogen-bond donors (Lipinski definition) is 0. The van der Waals surface area contributed by atoms with Crippen molar-refractivity contribution in [2.75, 3.05) is 31.1 Å². The Hall–Kier alpha value is -3.31. The topological polar surface area (TPSA) is 98.3 Å². The van der Waals surface area contributed by atoms with Crippen molar-refractivity contribution in [3.05, 3.63) is 51.4 Å². The third-order valence-corrected chi connectivity index (χ3v) is 6.93. The van der Waals surface area contributed by atoms with E-state index < -0.39 is 11.2 Å². The molecule has 10 nitrogen and oxygen atoms in total. The number of likely N-dealkylation sites (N-methyl/N-ethyl adjacent to an activating group) is 1. The van der Waals surface area contributed by atoms with Gasteiger partial charge in [-0.3, -0.25) is 23.6 Å². The van der Waals surface area contributed by atoms with Crippen LogP contribution in [0.5, 0.6) is 0 Å². The summed E-state index contributed by atoms with van der Waals surface area (Å²) in [7, 11) is 2.97. The number of rotatable bonds is 8. The number of aryl methyl sites for hydroxylation is 1. The quantitative estimate of drug-likeness (QED) is 0.387. The van der Waals surface area contributed by atoms with Crippen LogP contribution in [0.4, 0.5) is 5.13 Å². The first kappa shape index (κ1) is 22.9. The second-order valence-corrected chi connectivity index (χ2v) is 8.80. The Morgan fingerprint density at radius 1 is 1.06 bits per heavy atom. The van der Waals surface area contributed by atoms with Gasteiger partial charge in [-0.2, -0.15) is 0 Å². The Labute approximate surface area is 194 Å². The van der Waals surface area contributed by atoms with Gasteiger partial charge in [-0.25, -0.2) is 14.8 Å². The molecule has 0 N–H and O–H groups in total. The number of amides is 1. The highest BCUT2D eigenvalue weighted by atomic mass is 32.1. The van der Waals surface area contributed by atoms with E-state index in [1.807, 2.05) is 24.3 Å². The van der Waals surface area contributed by atoms with E-state index in [-0.39, 0.29) is 23.6 Å². The molecule has 11 heteroatoms. The van der Waals surface area contributed by atoms with Gasteiger partial charge in [-0.05, 0) is 25.2 Å². The Morgan fingerprint density at radius 3 is 2.48 bits per heavy atom. The molecule has 1 aromatic carbocycles. The summed E-state index contributed by atoms with van der Waals surface area (Å²) in [6, 6.07) is 7.78. The van der Waals surface area contributed by atoms with Crippen LogP contribution >= 0.6 is 11.3 Å². The molecule has 4 aromatic rings. The van der Waals surface area contributed by atoms with E-state index in [0.29, 0.717) is 18.2 Å². The summed E-state index contributed by atoms with van der Waals surface area (Å²) >= 11 is 1.47. The van der Waals surface area contributed by atoms with Crippen LogP contribution in [0, 0.1) is 0 Å². The highest BCUT2D eigenvalue weighted by Gasteiger charge is 2.23. The van der Waals surface area contributed by atoms with Gasteiger partial charge < -0.3 is 9.47 Å². The van der Waals surface area contributed by atoms with Gasteiger partial charge in [0.15, 0.2) is 16.3 Å². The zero-order valence-electron chi connectivity index (χ0n) is 19.2. The molecule has 0 aliphatic rings. The van der Waals surface area contributed by atoms with Crippen LogP contribution in [0.3, 0.4) is 0 Å². The predicted octanol–water partition coefficient (Wildman–Crippen LogP) is 1.42. The highest BCUT2D eigenvalue weighted by Crippen LogP contribution is 2.29. The molecule has 0 unspecified atom stereocenters. The molecule has 0 radical (unpaired) electrons. The van der Waals surface area contributed by atoms with Crippen molar-refractivity contribution in [1.82, 2.24) is 28.6 Å². The minimum Gasteiger partial charge on any atom is -0.315 e. The van der Waals surface area contributed by atoms with Crippen LogP contribution in [0.1, 0.15) is 13.8 Å². The van der Waals surface area contributed by atoms with Gasteiger partial charge in [-0.1, -0.05) is 37.3 Å². The van der Waals surface area contributed by atoms with Crippen molar-refractivity contribution in [3.8, 4) is 0 Å². The number of fused-ring (bicyclic) bond motifs is 2. The maximum absolute atomic E-state index is 13.5. The van der Waals surface area contributed by atoms with E-state index in [1.165, 1.54) is 33.8 Å². The van der Waals surface area contributed by atoms with E-state index >= 15 is 0 Å². The average molecular weight is 470 g/mol. The molecule has 0 saturated heterocycles. The van der Waals surface area contributed by atoms with Crippen molar-refractivity contribution in [3.63, 3.8) is 0 Å². The summed E-state index contributed by atoms with van der Waals surface area (Å²) in [6.45, 7) is 7.04. The molecule has 0 aliphatic heterocycles. The lowest BCUT2D eigenvalue weighted by Crippen LogP contribution is -2.41. The first-order valence-electron chi connectivity index (χ1n) is 10.8. The van der Waals surface area contributed by atoms with E-state index in [0.717, 1.165) is 27.9 Å². The Kier molecular flexibility index (Phi) is 6.43. The Morgan fingerprint density at radius 2 is 1.79 bits per heavy atom. The molecule has 3 aromatic heterocycles. The largest absolute Gasteiger partial charge is 0.332 e. The number of carbonyl (C=O) groups is 1. The second-order valence-electron chi connectivity index (χ2n) is 7.79. The molecule has 0 fully saturated rings. The maximum atomic E-state index is 13.5. The number of aromatic nitrogens is 5. The van der Waals surface area contributed by atoms with Gasteiger partial charge in [0.25, 0.3) is 5.56 Å². The minimum absolute atomic E-state index is 0.0852. The van der Waals surface area contributed by atoms with Crippen LogP contribution in [0.15, 0.2) is 40.2 Å². The second kappa shape index (κ2) is 9.28. The number of benzene rings is 1. The zero-order chi connectivity index (χ0) is 23.7. The average Bonchev–Trinajstić information content (AvgIpc) is 3.43. The fraction of sp³-hybridized carbons (Fsp3) is 0.409. The van der Waals surface area contributed by atoms with Gasteiger partial charge in [0.05, 0.1) is 16.5 Å². The van der Waals surface area contributed by atoms with Gasteiger partial charge in [-0.15, -0.1) is 0 Å². The summed E-state index contributed by atoms with van der Waals surface area (Å²) in [5.41, 5.74) is 0.383. The summed E-state index contributed by atoms with van der Waals surface area (Å²) < 4.78 is 4.85.